The van der Waals surface area contributed by atoms with Crippen LogP contribution in [0.4, 0.5) is 9.80 Å². The molecule has 2 aromatic heterocycles. The van der Waals surface area contributed by atoms with Gasteiger partial charge in [-0.05, 0) is 53.3 Å². The molecule has 0 saturated carbocycles. The highest BCUT2D eigenvalue weighted by Crippen LogP contribution is 2.26. The van der Waals surface area contributed by atoms with Gasteiger partial charge in [0.25, 0.3) is 0 Å². The minimum Gasteiger partial charge on any atom is -0.335 e. The lowest BCUT2D eigenvalue weighted by atomic mass is 10.1. The van der Waals surface area contributed by atoms with E-state index in [1.54, 1.807) is 11.3 Å². The monoisotopic (exact) mass is 316 g/mol. The fourth-order valence-corrected chi connectivity index (χ4v) is 3.88. The summed E-state index contributed by atoms with van der Waals surface area (Å²) in [7, 11) is 0. The molecule has 2 amide bonds. The Balaban J connectivity index is 1.61. The first-order valence-electron chi connectivity index (χ1n) is 6.78. The zero-order chi connectivity index (χ0) is 14.7. The van der Waals surface area contributed by atoms with E-state index in [0.717, 1.165) is 11.4 Å². The summed E-state index contributed by atoms with van der Waals surface area (Å²) in [4.78, 5) is 11.9. The molecule has 0 radical (unpaired) electrons. The molecule has 3 nitrogen and oxygen atoms in total. The average molecular weight is 316 g/mol. The third-order valence-corrected chi connectivity index (χ3v) is 5.02. The van der Waals surface area contributed by atoms with Gasteiger partial charge in [0.1, 0.15) is 0 Å². The van der Waals surface area contributed by atoms with Gasteiger partial charge in [0.2, 0.25) is 0 Å². The van der Waals surface area contributed by atoms with Crippen LogP contribution in [0.3, 0.4) is 0 Å². The zero-order valence-electron chi connectivity index (χ0n) is 11.6. The number of urea groups is 1. The highest BCUT2D eigenvalue weighted by Gasteiger charge is 2.11. The first-order valence-corrected chi connectivity index (χ1v) is 8.54. The highest BCUT2D eigenvalue weighted by molar-refractivity contribution is 7.17. The molecule has 3 rings (SSSR count). The Morgan fingerprint density at radius 1 is 1.19 bits per heavy atom. The molecule has 0 aliphatic rings. The summed E-state index contributed by atoms with van der Waals surface area (Å²) in [5.41, 5.74) is 1.29. The Hall–Kier alpha value is -1.85. The summed E-state index contributed by atoms with van der Waals surface area (Å²) < 4.78 is 1.29. The summed E-state index contributed by atoms with van der Waals surface area (Å²) in [6.45, 7) is 2.03. The molecule has 3 aromatic rings. The van der Waals surface area contributed by atoms with Gasteiger partial charge in [-0.2, -0.15) is 0 Å². The lowest BCUT2D eigenvalue weighted by Crippen LogP contribution is -2.37. The van der Waals surface area contributed by atoms with Crippen molar-refractivity contribution in [3.8, 4) is 0 Å². The molecule has 0 unspecified atom stereocenters. The Morgan fingerprint density at radius 2 is 2.05 bits per heavy atom. The molecule has 0 saturated heterocycles. The van der Waals surface area contributed by atoms with E-state index in [1.807, 2.05) is 24.4 Å². The van der Waals surface area contributed by atoms with Crippen molar-refractivity contribution in [1.29, 1.82) is 0 Å². The molecule has 5 heteroatoms. The van der Waals surface area contributed by atoms with Crippen molar-refractivity contribution in [1.82, 2.24) is 5.32 Å². The third-order valence-electron chi connectivity index (χ3n) is 3.22. The predicted molar refractivity (Wildman–Crippen MR) is 91.5 cm³/mol. The summed E-state index contributed by atoms with van der Waals surface area (Å²) in [6, 6.07) is 12.1. The van der Waals surface area contributed by atoms with Crippen molar-refractivity contribution in [2.45, 2.75) is 19.4 Å². The molecule has 0 spiro atoms. The SMILES string of the molecule is C[C@@H](Cc1csc2ccccc12)NC(=O)Nc1cccs1. The smallest absolute Gasteiger partial charge is 0.320 e. The van der Waals surface area contributed by atoms with E-state index in [4.69, 9.17) is 0 Å². The average Bonchev–Trinajstić information content (AvgIpc) is 3.09. The van der Waals surface area contributed by atoms with Gasteiger partial charge in [-0.15, -0.1) is 22.7 Å². The van der Waals surface area contributed by atoms with Gasteiger partial charge in [-0.25, -0.2) is 4.79 Å². The second kappa shape index (κ2) is 6.28. The fourth-order valence-electron chi connectivity index (χ4n) is 2.29. The zero-order valence-corrected chi connectivity index (χ0v) is 13.3. The summed E-state index contributed by atoms with van der Waals surface area (Å²) in [5.74, 6) is 0. The van der Waals surface area contributed by atoms with Crippen molar-refractivity contribution >= 4 is 43.8 Å². The van der Waals surface area contributed by atoms with Crippen LogP contribution >= 0.6 is 22.7 Å². The Labute approximate surface area is 131 Å². The largest absolute Gasteiger partial charge is 0.335 e. The molecule has 21 heavy (non-hydrogen) atoms. The van der Waals surface area contributed by atoms with Gasteiger partial charge >= 0.3 is 6.03 Å². The molecule has 0 aliphatic heterocycles. The van der Waals surface area contributed by atoms with E-state index in [1.165, 1.54) is 27.0 Å². The number of benzene rings is 1. The molecule has 0 fully saturated rings. The normalized spacial score (nSPS) is 12.2. The van der Waals surface area contributed by atoms with Gasteiger partial charge in [0.05, 0.1) is 5.00 Å². The minimum atomic E-state index is -0.149. The van der Waals surface area contributed by atoms with E-state index in [0.29, 0.717) is 0 Å². The molecule has 1 atom stereocenters. The lowest BCUT2D eigenvalue weighted by molar-refractivity contribution is 0.249. The van der Waals surface area contributed by atoms with Crippen LogP contribution in [0.25, 0.3) is 10.1 Å². The molecule has 2 N–H and O–H groups in total. The predicted octanol–water partition coefficient (Wildman–Crippen LogP) is 4.72. The molecule has 2 heterocycles. The van der Waals surface area contributed by atoms with Gasteiger partial charge in [-0.1, -0.05) is 18.2 Å². The van der Waals surface area contributed by atoms with Gasteiger partial charge < -0.3 is 5.32 Å². The fraction of sp³-hybridized carbons (Fsp3) is 0.188. The van der Waals surface area contributed by atoms with Crippen LogP contribution in [0.15, 0.2) is 47.2 Å². The van der Waals surface area contributed by atoms with Crippen LogP contribution in [0.1, 0.15) is 12.5 Å². The third kappa shape index (κ3) is 3.43. The van der Waals surface area contributed by atoms with Gasteiger partial charge in [-0.3, -0.25) is 5.32 Å². The van der Waals surface area contributed by atoms with Crippen molar-refractivity contribution in [2.75, 3.05) is 5.32 Å². The van der Waals surface area contributed by atoms with E-state index >= 15 is 0 Å². The number of hydrogen-bond donors (Lipinski definition) is 2. The quantitative estimate of drug-likeness (QED) is 0.718. The maximum Gasteiger partial charge on any atom is 0.320 e. The lowest BCUT2D eigenvalue weighted by Gasteiger charge is -2.13. The first-order chi connectivity index (χ1) is 10.2. The van der Waals surface area contributed by atoms with Crippen molar-refractivity contribution in [2.24, 2.45) is 0 Å². The number of hydrogen-bond acceptors (Lipinski definition) is 3. The van der Waals surface area contributed by atoms with Crippen LogP contribution in [0, 0.1) is 0 Å². The maximum atomic E-state index is 11.9. The maximum absolute atomic E-state index is 11.9. The van der Waals surface area contributed by atoms with Crippen LogP contribution in [-0.4, -0.2) is 12.1 Å². The van der Waals surface area contributed by atoms with Crippen LogP contribution in [0.5, 0.6) is 0 Å². The Bertz CT molecular complexity index is 734. The number of nitrogens with one attached hydrogen (secondary N) is 2. The second-order valence-corrected chi connectivity index (χ2v) is 6.80. The Kier molecular flexibility index (Phi) is 4.22. The molecule has 0 bridgehead atoms. The molecule has 1 aromatic carbocycles. The second-order valence-electron chi connectivity index (χ2n) is 4.94. The number of fused-ring (bicyclic) bond motifs is 1. The first kappa shape index (κ1) is 14.1. The van der Waals surface area contributed by atoms with Gasteiger partial charge in [0.15, 0.2) is 0 Å². The topological polar surface area (TPSA) is 41.1 Å². The molecule has 0 aliphatic carbocycles. The van der Waals surface area contributed by atoms with E-state index in [9.17, 15) is 4.79 Å². The number of carbonyl (C=O) groups is 1. The highest BCUT2D eigenvalue weighted by atomic mass is 32.1. The Morgan fingerprint density at radius 3 is 2.86 bits per heavy atom. The molecule has 108 valence electrons. The number of anilines is 1. The number of rotatable bonds is 4. The van der Waals surface area contributed by atoms with E-state index in [2.05, 4.69) is 40.3 Å². The van der Waals surface area contributed by atoms with Crippen LogP contribution in [-0.2, 0) is 6.42 Å². The summed E-state index contributed by atoms with van der Waals surface area (Å²) in [6.07, 6.45) is 0.835. The van der Waals surface area contributed by atoms with Gasteiger partial charge in [0, 0.05) is 10.7 Å². The van der Waals surface area contributed by atoms with Crippen LogP contribution < -0.4 is 10.6 Å². The van der Waals surface area contributed by atoms with Crippen LogP contribution in [0.2, 0.25) is 0 Å². The number of amides is 2. The van der Waals surface area contributed by atoms with E-state index in [-0.39, 0.29) is 12.1 Å². The minimum absolute atomic E-state index is 0.0861. The summed E-state index contributed by atoms with van der Waals surface area (Å²) >= 11 is 3.27. The molecular weight excluding hydrogens is 300 g/mol. The van der Waals surface area contributed by atoms with E-state index < -0.39 is 0 Å². The standard InChI is InChI=1S/C16H16N2OS2/c1-11(17-16(19)18-15-7-4-8-20-15)9-12-10-21-14-6-3-2-5-13(12)14/h2-8,10-11H,9H2,1H3,(H2,17,18,19)/t11-/m0/s1. The summed E-state index contributed by atoms with van der Waals surface area (Å²) in [5, 5.41) is 12.1. The van der Waals surface area contributed by atoms with Crippen molar-refractivity contribution in [3.05, 3.63) is 52.7 Å². The number of carbonyl (C=O) groups excluding carboxylic acids is 1. The van der Waals surface area contributed by atoms with Crippen molar-refractivity contribution in [3.63, 3.8) is 0 Å². The van der Waals surface area contributed by atoms with Crippen molar-refractivity contribution < 1.29 is 4.79 Å². The molecular formula is C16H16N2OS2. The number of thiophene rings is 2.